The zero-order chi connectivity index (χ0) is 50.0. The Bertz CT molecular complexity index is 2540. The van der Waals surface area contributed by atoms with Crippen molar-refractivity contribution >= 4 is 50.6 Å². The molecule has 1 aromatic heterocycles. The van der Waals surface area contributed by atoms with Crippen molar-refractivity contribution in [3.8, 4) is 11.6 Å². The summed E-state index contributed by atoms with van der Waals surface area (Å²) in [5.41, 5.74) is -0.428. The number of hydrogen-bond donors (Lipinski definition) is 1. The molecule has 5 heterocycles. The number of para-hydroxylation sites is 1. The molecule has 1 N–H and O–H groups in total. The molecule has 15 nitrogen and oxygen atoms in total. The second kappa shape index (κ2) is 19.3. The number of nitrogens with one attached hydrogen (secondary N) is 1. The van der Waals surface area contributed by atoms with E-state index in [4.69, 9.17) is 23.9 Å². The van der Waals surface area contributed by atoms with E-state index in [0.717, 1.165) is 88.0 Å². The van der Waals surface area contributed by atoms with Gasteiger partial charge < -0.3 is 28.7 Å². The third kappa shape index (κ3) is 10.3. The molecule has 16 heteroatoms. The zero-order valence-electron chi connectivity index (χ0n) is 42.2. The van der Waals surface area contributed by atoms with Gasteiger partial charge in [-0.1, -0.05) is 50.3 Å². The summed E-state index contributed by atoms with van der Waals surface area (Å²) in [5, 5.41) is 0.857. The van der Waals surface area contributed by atoms with Gasteiger partial charge in [-0.25, -0.2) is 18.2 Å². The molecular weight excluding hydrogens is 925 g/mol. The molecule has 3 saturated heterocycles. The van der Waals surface area contributed by atoms with Gasteiger partial charge in [-0.2, -0.15) is 0 Å². The average molecular weight is 999 g/mol. The second-order valence-corrected chi connectivity index (χ2v) is 26.0. The number of nitrogens with zero attached hydrogens (tertiary/aromatic N) is 3. The van der Waals surface area contributed by atoms with Gasteiger partial charge in [-0.3, -0.25) is 23.9 Å². The molecule has 8 aliphatic rings. The fourth-order valence-electron chi connectivity index (χ4n) is 12.8. The van der Waals surface area contributed by atoms with Gasteiger partial charge in [0.05, 0.1) is 46.2 Å². The first-order valence-corrected chi connectivity index (χ1v) is 28.3. The van der Waals surface area contributed by atoms with Gasteiger partial charge in [0.25, 0.3) is 0 Å². The monoisotopic (exact) mass is 999 g/mol. The van der Waals surface area contributed by atoms with Crippen molar-refractivity contribution < 1.29 is 51.3 Å². The number of pyridine rings is 1. The highest BCUT2D eigenvalue weighted by Gasteiger charge is 2.63. The van der Waals surface area contributed by atoms with E-state index in [2.05, 4.69) is 11.3 Å². The highest BCUT2D eigenvalue weighted by atomic mass is 32.2. The SMILES string of the molecule is C=C[C@@H]1C[C@]1(CC(=O)[C@@H]1C[C@@H]2CN1C(=O)[C@H](C1CCCCC1)CC(=O)O[C@@H]1C[C@H]1CCCCCc1c(nc3ccccc3c1OC1CC3CCC(C1)N3C(=O)OC(C)(C)C)O2)C(=O)NS(=O)(=O)C1(C)CC1. The van der Waals surface area contributed by atoms with Crippen molar-refractivity contribution in [2.45, 2.75) is 209 Å². The van der Waals surface area contributed by atoms with Crippen molar-refractivity contribution in [1.82, 2.24) is 19.5 Å². The number of carbonyl (C=O) groups excluding carboxylic acids is 5. The normalized spacial score (nSPS) is 33.0. The molecule has 10 rings (SSSR count). The number of Topliss-reactive ketones (excluding diaryl/α,β-unsaturated/α-hetero) is 1. The minimum atomic E-state index is -3.99. The number of sulfonamides is 1. The molecule has 4 aliphatic heterocycles. The zero-order valence-corrected chi connectivity index (χ0v) is 43.0. The summed E-state index contributed by atoms with van der Waals surface area (Å²) in [6.07, 6.45) is 13.8. The first kappa shape index (κ1) is 49.8. The van der Waals surface area contributed by atoms with Crippen LogP contribution in [0.1, 0.15) is 162 Å². The lowest BCUT2D eigenvalue weighted by Crippen LogP contribution is -2.50. The molecule has 71 heavy (non-hydrogen) atoms. The lowest BCUT2D eigenvalue weighted by Gasteiger charge is -2.39. The maximum Gasteiger partial charge on any atom is 0.410 e. The summed E-state index contributed by atoms with van der Waals surface area (Å²) in [6.45, 7) is 11.2. The van der Waals surface area contributed by atoms with E-state index in [-0.39, 0.29) is 92.1 Å². The first-order valence-electron chi connectivity index (χ1n) is 26.8. The maximum absolute atomic E-state index is 15.3. The number of aromatic nitrogens is 1. The van der Waals surface area contributed by atoms with Crippen LogP contribution in [0.25, 0.3) is 10.9 Å². The molecule has 4 bridgehead atoms. The third-order valence-electron chi connectivity index (χ3n) is 17.4. The number of fused-ring (bicyclic) bond motifs is 7. The van der Waals surface area contributed by atoms with Crippen molar-refractivity contribution in [3.63, 3.8) is 0 Å². The number of ketones is 1. The Hall–Kier alpha value is -4.73. The average Bonchev–Trinajstić information content (AvgIpc) is 4.28. The minimum absolute atomic E-state index is 0.0133. The Balaban J connectivity index is 0.983. The van der Waals surface area contributed by atoms with E-state index in [1.165, 1.54) is 0 Å². The van der Waals surface area contributed by atoms with Crippen LogP contribution in [-0.4, -0.2) is 106 Å². The van der Waals surface area contributed by atoms with Crippen LogP contribution in [0.15, 0.2) is 36.9 Å². The summed E-state index contributed by atoms with van der Waals surface area (Å²) >= 11 is 0. The number of ether oxygens (including phenoxy) is 4. The van der Waals surface area contributed by atoms with Crippen molar-refractivity contribution in [1.29, 1.82) is 0 Å². The number of esters is 1. The number of hydrogen-bond acceptors (Lipinski definition) is 12. The summed E-state index contributed by atoms with van der Waals surface area (Å²) in [7, 11) is -3.99. The van der Waals surface area contributed by atoms with Gasteiger partial charge in [0.15, 0.2) is 5.78 Å². The second-order valence-electron chi connectivity index (χ2n) is 23.8. The fraction of sp³-hybridized carbons (Fsp3) is 0.709. The van der Waals surface area contributed by atoms with Crippen LogP contribution in [-0.2, 0) is 45.1 Å². The Morgan fingerprint density at radius 3 is 2.28 bits per heavy atom. The lowest BCUT2D eigenvalue weighted by molar-refractivity contribution is -0.153. The van der Waals surface area contributed by atoms with E-state index in [1.54, 1.807) is 17.9 Å². The van der Waals surface area contributed by atoms with Crippen molar-refractivity contribution in [2.75, 3.05) is 6.54 Å². The number of rotatable bonds is 10. The Labute approximate surface area is 418 Å². The van der Waals surface area contributed by atoms with Crippen LogP contribution < -0.4 is 14.2 Å². The fourth-order valence-corrected chi connectivity index (χ4v) is 14.1. The van der Waals surface area contributed by atoms with Crippen LogP contribution in [0.4, 0.5) is 4.79 Å². The smallest absolute Gasteiger partial charge is 0.410 e. The summed E-state index contributed by atoms with van der Waals surface area (Å²) in [5.74, 6) is -1.59. The molecule has 4 aliphatic carbocycles. The van der Waals surface area contributed by atoms with E-state index < -0.39 is 55.7 Å². The van der Waals surface area contributed by atoms with Gasteiger partial charge in [0, 0.05) is 43.2 Å². The molecule has 386 valence electrons. The highest BCUT2D eigenvalue weighted by Crippen LogP contribution is 2.57. The molecule has 2 aromatic rings. The number of piperidine rings is 1. The van der Waals surface area contributed by atoms with Gasteiger partial charge in [-0.15, -0.1) is 6.58 Å². The predicted octanol–water partition coefficient (Wildman–Crippen LogP) is 8.68. The van der Waals surface area contributed by atoms with Gasteiger partial charge >= 0.3 is 12.1 Å². The van der Waals surface area contributed by atoms with Crippen molar-refractivity contribution in [3.05, 3.63) is 42.5 Å². The number of carbonyl (C=O) groups is 5. The maximum atomic E-state index is 15.3. The molecule has 0 radical (unpaired) electrons. The Morgan fingerprint density at radius 2 is 1.61 bits per heavy atom. The van der Waals surface area contributed by atoms with Crippen LogP contribution in [0.3, 0.4) is 0 Å². The number of benzene rings is 1. The van der Waals surface area contributed by atoms with E-state index in [1.807, 2.05) is 49.9 Å². The number of amides is 3. The number of allylic oxidation sites excluding steroid dienone is 1. The van der Waals surface area contributed by atoms with E-state index >= 15 is 9.59 Å². The highest BCUT2D eigenvalue weighted by molar-refractivity contribution is 7.91. The van der Waals surface area contributed by atoms with Gasteiger partial charge in [0.2, 0.25) is 27.7 Å². The van der Waals surface area contributed by atoms with Crippen LogP contribution >= 0.6 is 0 Å². The molecule has 9 atom stereocenters. The minimum Gasteiger partial charge on any atom is -0.489 e. The standard InChI is InChI=1S/C55H74N4O11S/c1-6-35-30-55(35,51(63)57-71(65,66)54(5)23-24-54)31-45(60)44-28-39-32-58(44)50(62)42(33-15-9-7-10-16-33)29-47(61)69-46-25-34(46)17-11-8-12-19-41-48(40-18-13-14-20-43(40)56-49(41)68-39)67-38-26-36-21-22-37(27-38)59(36)52(64)70-53(2,3)4/h6,13-14,18,20,33-39,42,44,46H,1,7-12,15-17,19,21-32H2,2-5H3,(H,57,63)/t34-,35-,36?,37?,38?,39-,42+,44+,46-,55-/m1/s1. The third-order valence-corrected chi connectivity index (χ3v) is 19.6. The van der Waals surface area contributed by atoms with E-state index in [0.29, 0.717) is 49.3 Å². The first-order chi connectivity index (χ1) is 33.8. The quantitative estimate of drug-likeness (QED) is 0.177. The molecule has 3 amide bonds. The van der Waals surface area contributed by atoms with E-state index in [9.17, 15) is 22.8 Å². The van der Waals surface area contributed by atoms with Crippen molar-refractivity contribution in [2.24, 2.45) is 29.1 Å². The summed E-state index contributed by atoms with van der Waals surface area (Å²) in [6, 6.07) is 6.82. The Kier molecular flexibility index (Phi) is 13.5. The predicted molar refractivity (Wildman–Crippen MR) is 265 cm³/mol. The molecule has 7 fully saturated rings. The van der Waals surface area contributed by atoms with Crippen LogP contribution in [0.5, 0.6) is 11.6 Å². The molecule has 1 aromatic carbocycles. The van der Waals surface area contributed by atoms with Gasteiger partial charge in [-0.05, 0) is 128 Å². The lowest BCUT2D eigenvalue weighted by atomic mass is 9.77. The molecule has 2 unspecified atom stereocenters. The topological polar surface area (TPSA) is 188 Å². The molecule has 0 spiro atoms. The summed E-state index contributed by atoms with van der Waals surface area (Å²) in [4.78, 5) is 80.4. The summed E-state index contributed by atoms with van der Waals surface area (Å²) < 4.78 is 54.1. The van der Waals surface area contributed by atoms with Gasteiger partial charge in [0.1, 0.15) is 29.7 Å². The largest absolute Gasteiger partial charge is 0.489 e. The van der Waals surface area contributed by atoms with Crippen LogP contribution in [0.2, 0.25) is 0 Å². The molecule has 4 saturated carbocycles. The van der Waals surface area contributed by atoms with Crippen LogP contribution in [0, 0.1) is 29.1 Å². The Morgan fingerprint density at radius 1 is 0.915 bits per heavy atom. The molecular formula is C55H74N4O11S.